The maximum absolute atomic E-state index is 14.4. The number of rotatable bonds is 15. The molecule has 2 fully saturated rings. The number of fused-ring (bicyclic) bond motifs is 3. The van der Waals surface area contributed by atoms with Crippen molar-refractivity contribution in [1.29, 1.82) is 0 Å². The lowest BCUT2D eigenvalue weighted by Gasteiger charge is -2.38. The molecule has 15 nitrogen and oxygen atoms in total. The Morgan fingerprint density at radius 1 is 0.917 bits per heavy atom. The standard InChI is InChI=1S/C55H64ClN9O6S/c1-29-33(5)72-54-48(29)49(37-16-18-39(56)19-17-37)60-44(52-63-62-34(6)65(52)54)26-47(68)59-40-23-43(24-40)71-42-20-10-35(11-21-42)22-46(67)61-51(55(7,8)9)53(69)64-27-41(66)25-45(64)31(3)58-30(2)36-12-14-38(15-13-36)50-32(4)57-28-70-50/h10-21,28,30-31,40-41,43-45,51,58,66H,22-27H2,1-9H3,(H,59,68)(H,61,67)/t30-,31?,40-,41+,43-,44-,45-,51+/m0/s1. The number of likely N-dealkylation sites (tertiary alicyclic amines) is 1. The van der Waals surface area contributed by atoms with Crippen LogP contribution in [-0.2, 0) is 20.8 Å². The molecule has 1 aliphatic carbocycles. The predicted octanol–water partition coefficient (Wildman–Crippen LogP) is 8.65. The molecule has 3 aromatic carbocycles. The summed E-state index contributed by atoms with van der Waals surface area (Å²) in [7, 11) is 0. The second kappa shape index (κ2) is 20.7. The molecule has 0 bridgehead atoms. The third kappa shape index (κ3) is 10.8. The van der Waals surface area contributed by atoms with Gasteiger partial charge in [-0.3, -0.25) is 23.9 Å². The number of thiophene rings is 1. The molecule has 5 heterocycles. The smallest absolute Gasteiger partial charge is 0.246 e. The number of hydrogen-bond acceptors (Lipinski definition) is 12. The second-order valence-corrected chi connectivity index (χ2v) is 22.4. The van der Waals surface area contributed by atoms with Crippen LogP contribution in [0, 0.1) is 33.1 Å². The lowest BCUT2D eigenvalue weighted by molar-refractivity contribution is -0.140. The van der Waals surface area contributed by atoms with Gasteiger partial charge in [0.1, 0.15) is 34.8 Å². The molecule has 9 rings (SSSR count). The SMILES string of the molecule is Cc1ncoc1-c1ccc([C@H](C)NC(C)[C@@H]2C[C@@H](O)CN2C(=O)[C@@H](NC(=O)Cc2ccc(O[C@H]3C[C@H](NC(=O)C[C@@H]4N=C(c5ccc(Cl)cc5)c5c(sc(C)c5C)-n5c(C)nnc54)C3)cc2)C(C)(C)C)cc1. The first-order valence-electron chi connectivity index (χ1n) is 24.8. The van der Waals surface area contributed by atoms with Crippen LogP contribution >= 0.6 is 22.9 Å². The van der Waals surface area contributed by atoms with E-state index in [4.69, 9.17) is 25.7 Å². The van der Waals surface area contributed by atoms with Crippen molar-refractivity contribution in [1.82, 2.24) is 40.6 Å². The molecule has 378 valence electrons. The van der Waals surface area contributed by atoms with Crippen molar-refractivity contribution < 1.29 is 28.6 Å². The highest BCUT2D eigenvalue weighted by Crippen LogP contribution is 2.40. The molecule has 1 unspecified atom stereocenters. The van der Waals surface area contributed by atoms with Gasteiger partial charge in [-0.1, -0.05) is 80.9 Å². The summed E-state index contributed by atoms with van der Waals surface area (Å²) in [5.41, 5.74) is 6.88. The Bertz CT molecular complexity index is 2970. The maximum Gasteiger partial charge on any atom is 0.246 e. The van der Waals surface area contributed by atoms with Crippen molar-refractivity contribution >= 4 is 46.4 Å². The van der Waals surface area contributed by atoms with E-state index in [2.05, 4.69) is 64.0 Å². The number of nitrogens with one attached hydrogen (secondary N) is 3. The summed E-state index contributed by atoms with van der Waals surface area (Å²) in [6.07, 6.45) is 2.58. The highest BCUT2D eigenvalue weighted by atomic mass is 35.5. The van der Waals surface area contributed by atoms with Crippen molar-refractivity contribution in [3.63, 3.8) is 0 Å². The van der Waals surface area contributed by atoms with Crippen LogP contribution in [0.2, 0.25) is 5.02 Å². The van der Waals surface area contributed by atoms with E-state index in [9.17, 15) is 19.5 Å². The van der Waals surface area contributed by atoms with Crippen LogP contribution < -0.4 is 20.7 Å². The lowest BCUT2D eigenvalue weighted by atomic mass is 9.85. The minimum atomic E-state index is -0.817. The van der Waals surface area contributed by atoms with Crippen molar-refractivity contribution in [3.05, 3.63) is 134 Å². The second-order valence-electron chi connectivity index (χ2n) is 20.8. The number of amides is 3. The zero-order valence-electron chi connectivity index (χ0n) is 42.3. The molecule has 3 aromatic heterocycles. The number of β-amino-alcohol motifs (C(OH)–C–C–N with tert-alkyl or cyclic N) is 1. The summed E-state index contributed by atoms with van der Waals surface area (Å²) in [5.74, 6) is 2.16. The van der Waals surface area contributed by atoms with Gasteiger partial charge in [0.2, 0.25) is 17.7 Å². The summed E-state index contributed by atoms with van der Waals surface area (Å²) in [5, 5.41) is 31.4. The van der Waals surface area contributed by atoms with Gasteiger partial charge in [-0.2, -0.15) is 0 Å². The maximum atomic E-state index is 14.4. The third-order valence-electron chi connectivity index (χ3n) is 14.3. The Morgan fingerprint density at radius 2 is 1.61 bits per heavy atom. The van der Waals surface area contributed by atoms with Crippen molar-refractivity contribution in [3.8, 4) is 22.1 Å². The molecular weight excluding hydrogens is 950 g/mol. The highest BCUT2D eigenvalue weighted by molar-refractivity contribution is 7.15. The Kier molecular flexibility index (Phi) is 14.6. The monoisotopic (exact) mass is 1010 g/mol. The van der Waals surface area contributed by atoms with Crippen LogP contribution in [0.3, 0.4) is 0 Å². The summed E-state index contributed by atoms with van der Waals surface area (Å²) in [4.78, 5) is 54.1. The van der Waals surface area contributed by atoms with Gasteiger partial charge < -0.3 is 35.1 Å². The van der Waals surface area contributed by atoms with E-state index in [1.807, 2.05) is 107 Å². The molecule has 72 heavy (non-hydrogen) atoms. The van der Waals surface area contributed by atoms with Crippen molar-refractivity contribution in [2.45, 2.75) is 143 Å². The molecule has 0 spiro atoms. The fraction of sp³-hybridized carbons (Fsp3) is 0.436. The number of nitrogens with zero attached hydrogens (tertiary/aromatic N) is 6. The minimum absolute atomic E-state index is 0.0390. The number of aliphatic imine (C=N–C) groups is 1. The summed E-state index contributed by atoms with van der Waals surface area (Å²) in [6.45, 7) is 18.2. The van der Waals surface area contributed by atoms with Crippen LogP contribution in [0.4, 0.5) is 0 Å². The number of halogens is 1. The molecule has 17 heteroatoms. The Hall–Kier alpha value is -6.20. The molecule has 1 saturated heterocycles. The number of ether oxygens (including phenoxy) is 1. The number of aromatic nitrogens is 4. The van der Waals surface area contributed by atoms with E-state index in [1.54, 1.807) is 16.2 Å². The Balaban J connectivity index is 0.768. The molecule has 3 aliphatic rings. The molecule has 6 atom stereocenters. The number of aliphatic hydroxyl groups is 1. The molecule has 0 radical (unpaired) electrons. The normalized spacial score (nSPS) is 20.8. The van der Waals surface area contributed by atoms with Gasteiger partial charge in [-0.15, -0.1) is 21.5 Å². The first-order valence-corrected chi connectivity index (χ1v) is 26.0. The number of benzene rings is 3. The first-order chi connectivity index (χ1) is 34.3. The van der Waals surface area contributed by atoms with Gasteiger partial charge in [0.25, 0.3) is 0 Å². The van der Waals surface area contributed by atoms with Crippen LogP contribution in [0.15, 0.2) is 88.6 Å². The average molecular weight is 1010 g/mol. The number of carbonyl (C=O) groups is 3. The highest BCUT2D eigenvalue weighted by Gasteiger charge is 2.44. The van der Waals surface area contributed by atoms with Gasteiger partial charge in [-0.25, -0.2) is 4.98 Å². The summed E-state index contributed by atoms with van der Waals surface area (Å²) in [6, 6.07) is 21.3. The van der Waals surface area contributed by atoms with Crippen LogP contribution in [0.25, 0.3) is 16.3 Å². The number of hydrogen-bond donors (Lipinski definition) is 4. The third-order valence-corrected chi connectivity index (χ3v) is 15.8. The minimum Gasteiger partial charge on any atom is -0.490 e. The van der Waals surface area contributed by atoms with E-state index < -0.39 is 23.6 Å². The molecule has 2 aliphatic heterocycles. The Labute approximate surface area is 429 Å². The molecule has 3 amide bonds. The quantitative estimate of drug-likeness (QED) is 0.0775. The van der Waals surface area contributed by atoms with Gasteiger partial charge >= 0.3 is 0 Å². The van der Waals surface area contributed by atoms with Gasteiger partial charge in [0.15, 0.2) is 18.0 Å². The topological polar surface area (TPSA) is 189 Å². The van der Waals surface area contributed by atoms with E-state index >= 15 is 0 Å². The molecular formula is C55H64ClN9O6S. The Morgan fingerprint density at radius 3 is 2.28 bits per heavy atom. The predicted molar refractivity (Wildman–Crippen MR) is 279 cm³/mol. The van der Waals surface area contributed by atoms with Gasteiger partial charge in [0, 0.05) is 70.1 Å². The number of carbonyl (C=O) groups excluding carboxylic acids is 3. The van der Waals surface area contributed by atoms with E-state index in [0.29, 0.717) is 35.9 Å². The van der Waals surface area contributed by atoms with Crippen LogP contribution in [-0.4, -0.2) is 96.1 Å². The summed E-state index contributed by atoms with van der Waals surface area (Å²) >= 11 is 7.95. The number of oxazole rings is 1. The number of aryl methyl sites for hydroxylation is 3. The van der Waals surface area contributed by atoms with Crippen molar-refractivity contribution in [2.24, 2.45) is 10.4 Å². The fourth-order valence-electron chi connectivity index (χ4n) is 10.1. The molecule has 6 aromatic rings. The molecule has 1 saturated carbocycles. The fourth-order valence-corrected chi connectivity index (χ4v) is 11.5. The first kappa shape index (κ1) is 50.7. The van der Waals surface area contributed by atoms with Crippen LogP contribution in [0.5, 0.6) is 5.75 Å². The van der Waals surface area contributed by atoms with E-state index in [1.165, 1.54) is 11.3 Å². The largest absolute Gasteiger partial charge is 0.490 e. The van der Waals surface area contributed by atoms with E-state index in [0.717, 1.165) is 61.4 Å². The van der Waals surface area contributed by atoms with Gasteiger partial charge in [-0.05, 0) is 94.3 Å². The zero-order chi connectivity index (χ0) is 51.2. The average Bonchev–Trinajstić information content (AvgIpc) is 4.10. The zero-order valence-corrected chi connectivity index (χ0v) is 43.9. The van der Waals surface area contributed by atoms with Crippen molar-refractivity contribution in [2.75, 3.05) is 6.54 Å². The van der Waals surface area contributed by atoms with Crippen LogP contribution in [0.1, 0.15) is 122 Å². The van der Waals surface area contributed by atoms with E-state index in [-0.39, 0.29) is 67.4 Å². The lowest BCUT2D eigenvalue weighted by Crippen LogP contribution is -2.58. The number of aliphatic hydroxyl groups excluding tert-OH is 1. The molecule has 4 N–H and O–H groups in total. The summed E-state index contributed by atoms with van der Waals surface area (Å²) < 4.78 is 13.9. The van der Waals surface area contributed by atoms with Gasteiger partial charge in [0.05, 0.1) is 30.4 Å².